The minimum absolute atomic E-state index is 0.0321. The van der Waals surface area contributed by atoms with E-state index < -0.39 is 0 Å². The lowest BCUT2D eigenvalue weighted by Gasteiger charge is -2.24. The van der Waals surface area contributed by atoms with Crippen LogP contribution in [0, 0.1) is 18.8 Å². The average molecular weight is 260 g/mol. The first-order valence-corrected chi connectivity index (χ1v) is 7.72. The molecule has 0 spiro atoms. The molecule has 0 saturated heterocycles. The van der Waals surface area contributed by atoms with Crippen LogP contribution in [0.1, 0.15) is 68.1 Å². The second kappa shape index (κ2) is 4.81. The van der Waals surface area contributed by atoms with Gasteiger partial charge in [0.05, 0.1) is 5.92 Å². The van der Waals surface area contributed by atoms with Gasteiger partial charge >= 0.3 is 0 Å². The van der Waals surface area contributed by atoms with Gasteiger partial charge in [0.15, 0.2) is 0 Å². The van der Waals surface area contributed by atoms with Crippen LogP contribution in [-0.4, -0.2) is 5.78 Å². The van der Waals surface area contributed by atoms with E-state index in [4.69, 9.17) is 4.42 Å². The number of furan rings is 1. The molecule has 1 fully saturated rings. The lowest BCUT2D eigenvalue weighted by atomic mass is 9.78. The van der Waals surface area contributed by atoms with E-state index in [-0.39, 0.29) is 11.8 Å². The van der Waals surface area contributed by atoms with E-state index >= 15 is 0 Å². The molecule has 3 rings (SSSR count). The Balaban J connectivity index is 1.95. The topological polar surface area (TPSA) is 30.2 Å². The van der Waals surface area contributed by atoms with Gasteiger partial charge in [0.2, 0.25) is 0 Å². The smallest absolute Gasteiger partial charge is 0.146 e. The third-order valence-electron chi connectivity index (χ3n) is 5.09. The van der Waals surface area contributed by atoms with Crippen LogP contribution in [0.15, 0.2) is 4.42 Å². The minimum Gasteiger partial charge on any atom is -0.465 e. The van der Waals surface area contributed by atoms with Crippen LogP contribution in [0.5, 0.6) is 0 Å². The normalized spacial score (nSPS) is 31.3. The molecule has 0 N–H and O–H groups in total. The van der Waals surface area contributed by atoms with E-state index in [0.29, 0.717) is 11.7 Å². The van der Waals surface area contributed by atoms with Crippen LogP contribution in [0.4, 0.5) is 0 Å². The fourth-order valence-electron chi connectivity index (χ4n) is 3.78. The quantitative estimate of drug-likeness (QED) is 0.758. The van der Waals surface area contributed by atoms with Gasteiger partial charge in [0, 0.05) is 12.3 Å². The molecule has 2 aliphatic carbocycles. The molecule has 1 heterocycles. The van der Waals surface area contributed by atoms with Crippen LogP contribution in [0.2, 0.25) is 0 Å². The van der Waals surface area contributed by atoms with E-state index in [2.05, 4.69) is 20.8 Å². The molecule has 19 heavy (non-hydrogen) atoms. The van der Waals surface area contributed by atoms with Crippen molar-refractivity contribution in [3.8, 4) is 0 Å². The molecular weight excluding hydrogens is 236 g/mol. The summed E-state index contributed by atoms with van der Waals surface area (Å²) in [4.78, 5) is 12.4. The largest absolute Gasteiger partial charge is 0.465 e. The molecule has 3 unspecified atom stereocenters. The molecule has 0 bridgehead atoms. The Morgan fingerprint density at radius 2 is 1.95 bits per heavy atom. The van der Waals surface area contributed by atoms with Crippen molar-refractivity contribution in [1.29, 1.82) is 0 Å². The predicted molar refractivity (Wildman–Crippen MR) is 75.4 cm³/mol. The number of rotatable bonds is 1. The van der Waals surface area contributed by atoms with E-state index in [1.165, 1.54) is 17.5 Å². The summed E-state index contributed by atoms with van der Waals surface area (Å²) in [6.45, 7) is 6.50. The zero-order valence-corrected chi connectivity index (χ0v) is 12.3. The third-order valence-corrected chi connectivity index (χ3v) is 5.09. The van der Waals surface area contributed by atoms with Crippen LogP contribution >= 0.6 is 0 Å². The summed E-state index contributed by atoms with van der Waals surface area (Å²) in [5.41, 5.74) is 2.67. The highest BCUT2D eigenvalue weighted by molar-refractivity contribution is 5.88. The lowest BCUT2D eigenvalue weighted by Crippen LogP contribution is -2.25. The number of hydrogen-bond donors (Lipinski definition) is 0. The first kappa shape index (κ1) is 13.0. The maximum atomic E-state index is 12.4. The Morgan fingerprint density at radius 3 is 2.74 bits per heavy atom. The zero-order valence-electron chi connectivity index (χ0n) is 12.3. The fraction of sp³-hybridized carbons (Fsp3) is 0.706. The van der Waals surface area contributed by atoms with Crippen LogP contribution < -0.4 is 0 Å². The van der Waals surface area contributed by atoms with Gasteiger partial charge in [-0.3, -0.25) is 4.79 Å². The Hall–Kier alpha value is -1.05. The van der Waals surface area contributed by atoms with Crippen molar-refractivity contribution in [2.24, 2.45) is 11.8 Å². The number of hydrogen-bond acceptors (Lipinski definition) is 2. The lowest BCUT2D eigenvalue weighted by molar-refractivity contribution is -0.126. The summed E-state index contributed by atoms with van der Waals surface area (Å²) in [6.07, 6.45) is 6.60. The van der Waals surface area contributed by atoms with Crippen LogP contribution in [0.25, 0.3) is 0 Å². The molecule has 2 aliphatic rings. The predicted octanol–water partition coefficient (Wildman–Crippen LogP) is 4.19. The van der Waals surface area contributed by atoms with Gasteiger partial charge in [-0.05, 0) is 49.7 Å². The van der Waals surface area contributed by atoms with Gasteiger partial charge < -0.3 is 4.42 Å². The van der Waals surface area contributed by atoms with Gasteiger partial charge in [-0.25, -0.2) is 0 Å². The molecule has 2 nitrogen and oxygen atoms in total. The monoisotopic (exact) mass is 260 g/mol. The van der Waals surface area contributed by atoms with Crippen molar-refractivity contribution in [2.45, 2.75) is 65.2 Å². The van der Waals surface area contributed by atoms with Gasteiger partial charge in [0.25, 0.3) is 0 Å². The summed E-state index contributed by atoms with van der Waals surface area (Å²) in [6, 6.07) is 0. The molecule has 1 aromatic heterocycles. The number of Topliss-reactive ketones (excluding diaryl/α,β-unsaturated/α-hetero) is 1. The highest BCUT2D eigenvalue weighted by atomic mass is 16.3. The number of carbonyl (C=O) groups is 1. The Bertz CT molecular complexity index is 498. The van der Waals surface area contributed by atoms with Crippen molar-refractivity contribution < 1.29 is 9.21 Å². The van der Waals surface area contributed by atoms with Crippen molar-refractivity contribution in [2.75, 3.05) is 0 Å². The molecular formula is C17H24O2. The first-order valence-electron chi connectivity index (χ1n) is 7.72. The van der Waals surface area contributed by atoms with Crippen LogP contribution in [0.3, 0.4) is 0 Å². The highest BCUT2D eigenvalue weighted by Gasteiger charge is 2.35. The molecule has 1 aromatic rings. The highest BCUT2D eigenvalue weighted by Crippen LogP contribution is 2.40. The first-order chi connectivity index (χ1) is 9.08. The van der Waals surface area contributed by atoms with Crippen LogP contribution in [-0.2, 0) is 17.6 Å². The summed E-state index contributed by atoms with van der Waals surface area (Å²) >= 11 is 0. The van der Waals surface area contributed by atoms with Crippen molar-refractivity contribution >= 4 is 5.78 Å². The van der Waals surface area contributed by atoms with E-state index in [0.717, 1.165) is 43.6 Å². The van der Waals surface area contributed by atoms with Crippen molar-refractivity contribution in [1.82, 2.24) is 0 Å². The summed E-state index contributed by atoms with van der Waals surface area (Å²) < 4.78 is 6.14. The molecule has 0 radical (unpaired) electrons. The molecule has 2 heteroatoms. The molecule has 3 atom stereocenters. The molecule has 0 amide bonds. The van der Waals surface area contributed by atoms with Crippen molar-refractivity contribution in [3.63, 3.8) is 0 Å². The molecule has 104 valence electrons. The zero-order chi connectivity index (χ0) is 13.6. The number of carbonyl (C=O) groups excluding carboxylic acids is 1. The van der Waals surface area contributed by atoms with Gasteiger partial charge in [-0.15, -0.1) is 0 Å². The Kier molecular flexibility index (Phi) is 3.28. The second-order valence-corrected chi connectivity index (χ2v) is 6.63. The summed E-state index contributed by atoms with van der Waals surface area (Å²) in [5.74, 6) is 3.51. The summed E-state index contributed by atoms with van der Waals surface area (Å²) in [5, 5.41) is 0. The van der Waals surface area contributed by atoms with Gasteiger partial charge in [-0.1, -0.05) is 20.3 Å². The third kappa shape index (κ3) is 2.15. The molecule has 1 saturated carbocycles. The van der Waals surface area contributed by atoms with E-state index in [9.17, 15) is 4.79 Å². The molecule has 0 aliphatic heterocycles. The second-order valence-electron chi connectivity index (χ2n) is 6.63. The SMILES string of the molecule is Cc1c(C2CCCC(C)C2=O)oc2c1CCC(C)C2. The van der Waals surface area contributed by atoms with Gasteiger partial charge in [0.1, 0.15) is 17.3 Å². The Labute approximate surface area is 115 Å². The molecule has 0 aromatic carbocycles. The van der Waals surface area contributed by atoms with E-state index in [1.807, 2.05) is 0 Å². The summed E-state index contributed by atoms with van der Waals surface area (Å²) in [7, 11) is 0. The van der Waals surface area contributed by atoms with E-state index in [1.54, 1.807) is 0 Å². The maximum absolute atomic E-state index is 12.4. The minimum atomic E-state index is 0.0321. The fourth-order valence-corrected chi connectivity index (χ4v) is 3.78. The Morgan fingerprint density at radius 1 is 1.16 bits per heavy atom. The number of fused-ring (bicyclic) bond motifs is 1. The maximum Gasteiger partial charge on any atom is 0.146 e. The van der Waals surface area contributed by atoms with Gasteiger partial charge in [-0.2, -0.15) is 0 Å². The van der Waals surface area contributed by atoms with Crippen molar-refractivity contribution in [3.05, 3.63) is 22.6 Å². The standard InChI is InChI=1S/C17H24O2/c1-10-7-8-13-12(3)17(19-15(13)9-10)14-6-4-5-11(2)16(14)18/h10-11,14H,4-9H2,1-3H3. The number of ketones is 1. The average Bonchev–Trinajstić information content (AvgIpc) is 2.69.